The fourth-order valence-electron chi connectivity index (χ4n) is 2.67. The Morgan fingerprint density at radius 1 is 1.03 bits per heavy atom. The molecule has 0 saturated carbocycles. The monoisotopic (exact) mass is 419 g/mol. The Morgan fingerprint density at radius 3 is 2.21 bits per heavy atom. The average Bonchev–Trinajstić information content (AvgIpc) is 2.66. The average molecular weight is 419 g/mol. The van der Waals surface area contributed by atoms with Gasteiger partial charge in [0, 0.05) is 19.4 Å². The molecule has 0 bridgehead atoms. The molecule has 0 fully saturated rings. The molecule has 0 aromatic heterocycles. The summed E-state index contributed by atoms with van der Waals surface area (Å²) >= 11 is 0. The number of ether oxygens (including phenoxy) is 1. The summed E-state index contributed by atoms with van der Waals surface area (Å²) in [6.45, 7) is 5.52. The largest absolute Gasteiger partial charge is 0.466 e. The van der Waals surface area contributed by atoms with Crippen molar-refractivity contribution < 1.29 is 26.9 Å². The molecule has 2 aromatic rings. The molecule has 0 heterocycles. The minimum absolute atomic E-state index is 0.0676. The second-order valence-electron chi connectivity index (χ2n) is 6.56. The number of amides is 1. The standard InChI is InChI=1S/C21H25NO6S/c1-4-27-21(24)13-18(14-22-16(3)23)17-7-9-19(10-8-17)28-29(25,26)20-11-5-15(2)6-12-20/h5-12,18H,4,13-14H2,1-3H3,(H,22,23). The van der Waals surface area contributed by atoms with Crippen LogP contribution < -0.4 is 9.50 Å². The zero-order chi connectivity index (χ0) is 21.4. The molecule has 8 heteroatoms. The third-order valence-corrected chi connectivity index (χ3v) is 5.44. The Labute approximate surface area is 171 Å². The lowest BCUT2D eigenvalue weighted by Crippen LogP contribution is -2.27. The van der Waals surface area contributed by atoms with E-state index >= 15 is 0 Å². The van der Waals surface area contributed by atoms with Gasteiger partial charge in [0.15, 0.2) is 0 Å². The highest BCUT2D eigenvalue weighted by molar-refractivity contribution is 7.87. The molecule has 0 saturated heterocycles. The van der Waals surface area contributed by atoms with E-state index in [9.17, 15) is 18.0 Å². The number of carbonyl (C=O) groups is 2. The van der Waals surface area contributed by atoms with E-state index in [1.54, 1.807) is 31.2 Å². The quantitative estimate of drug-likeness (QED) is 0.496. The minimum atomic E-state index is -3.94. The molecule has 29 heavy (non-hydrogen) atoms. The lowest BCUT2D eigenvalue weighted by atomic mass is 9.95. The van der Waals surface area contributed by atoms with Gasteiger partial charge in [0.2, 0.25) is 5.91 Å². The lowest BCUT2D eigenvalue weighted by Gasteiger charge is -2.17. The molecule has 0 spiro atoms. The number of hydrogen-bond donors (Lipinski definition) is 1. The minimum Gasteiger partial charge on any atom is -0.466 e. The van der Waals surface area contributed by atoms with Crippen molar-refractivity contribution in [1.82, 2.24) is 5.32 Å². The zero-order valence-corrected chi connectivity index (χ0v) is 17.5. The predicted molar refractivity (Wildman–Crippen MR) is 108 cm³/mol. The fraction of sp³-hybridized carbons (Fsp3) is 0.333. The van der Waals surface area contributed by atoms with Crippen LogP contribution in [0.1, 0.15) is 37.3 Å². The number of hydrogen-bond acceptors (Lipinski definition) is 6. The van der Waals surface area contributed by atoms with E-state index in [1.807, 2.05) is 6.92 Å². The number of benzene rings is 2. The highest BCUT2D eigenvalue weighted by Crippen LogP contribution is 2.25. The number of nitrogens with one attached hydrogen (secondary N) is 1. The summed E-state index contributed by atoms with van der Waals surface area (Å²) in [5, 5.41) is 2.70. The first-order valence-electron chi connectivity index (χ1n) is 9.22. The van der Waals surface area contributed by atoms with E-state index < -0.39 is 10.1 Å². The summed E-state index contributed by atoms with van der Waals surface area (Å²) in [4.78, 5) is 23.2. The second-order valence-corrected chi connectivity index (χ2v) is 8.11. The molecule has 1 unspecified atom stereocenters. The molecule has 0 aliphatic heterocycles. The van der Waals surface area contributed by atoms with Gasteiger partial charge < -0.3 is 14.2 Å². The summed E-state index contributed by atoms with van der Waals surface area (Å²) in [6.07, 6.45) is 0.0932. The maximum atomic E-state index is 12.4. The van der Waals surface area contributed by atoms with Crippen LogP contribution in [-0.2, 0) is 24.4 Å². The Morgan fingerprint density at radius 2 is 1.66 bits per heavy atom. The molecule has 0 radical (unpaired) electrons. The van der Waals surface area contributed by atoms with Gasteiger partial charge in [0.25, 0.3) is 0 Å². The van der Waals surface area contributed by atoms with Gasteiger partial charge in [-0.3, -0.25) is 9.59 Å². The van der Waals surface area contributed by atoms with Gasteiger partial charge in [-0.25, -0.2) is 0 Å². The van der Waals surface area contributed by atoms with Gasteiger partial charge in [-0.1, -0.05) is 29.8 Å². The van der Waals surface area contributed by atoms with Crippen LogP contribution in [0.3, 0.4) is 0 Å². The lowest BCUT2D eigenvalue weighted by molar-refractivity contribution is -0.143. The SMILES string of the molecule is CCOC(=O)CC(CNC(C)=O)c1ccc(OS(=O)(=O)c2ccc(C)cc2)cc1. The van der Waals surface area contributed by atoms with Crippen LogP contribution >= 0.6 is 0 Å². The smallest absolute Gasteiger partial charge is 0.339 e. The highest BCUT2D eigenvalue weighted by atomic mass is 32.2. The Hall–Kier alpha value is -2.87. The molecule has 0 aliphatic rings. The van der Waals surface area contributed by atoms with Crippen LogP contribution in [0, 0.1) is 6.92 Å². The molecule has 0 aliphatic carbocycles. The summed E-state index contributed by atoms with van der Waals surface area (Å²) in [6, 6.07) is 12.8. The molecule has 1 atom stereocenters. The van der Waals surface area contributed by atoms with Gasteiger partial charge in [0.05, 0.1) is 13.0 Å². The number of aryl methyl sites for hydroxylation is 1. The molecule has 1 N–H and O–H groups in total. The first-order chi connectivity index (χ1) is 13.7. The molecule has 7 nitrogen and oxygen atoms in total. The summed E-state index contributed by atoms with van der Waals surface area (Å²) < 4.78 is 35.0. The Bertz CT molecular complexity index is 936. The molecule has 156 valence electrons. The summed E-state index contributed by atoms with van der Waals surface area (Å²) in [5.41, 5.74) is 1.70. The maximum Gasteiger partial charge on any atom is 0.339 e. The van der Waals surface area contributed by atoms with E-state index in [4.69, 9.17) is 8.92 Å². The van der Waals surface area contributed by atoms with Crippen LogP contribution in [0.15, 0.2) is 53.4 Å². The van der Waals surface area contributed by atoms with Crippen molar-refractivity contribution in [2.24, 2.45) is 0 Å². The second kappa shape index (κ2) is 10.1. The summed E-state index contributed by atoms with van der Waals surface area (Å²) in [7, 11) is -3.94. The van der Waals surface area contributed by atoms with Crippen LogP contribution in [0.5, 0.6) is 5.75 Å². The highest BCUT2D eigenvalue weighted by Gasteiger charge is 2.19. The van der Waals surface area contributed by atoms with Crippen molar-refractivity contribution in [3.63, 3.8) is 0 Å². The van der Waals surface area contributed by atoms with E-state index in [0.717, 1.165) is 11.1 Å². The molecule has 2 rings (SSSR count). The van der Waals surface area contributed by atoms with Gasteiger partial charge in [0.1, 0.15) is 10.6 Å². The molecular formula is C21H25NO6S. The van der Waals surface area contributed by atoms with Crippen molar-refractivity contribution in [2.45, 2.75) is 38.0 Å². The van der Waals surface area contributed by atoms with Crippen molar-refractivity contribution in [3.8, 4) is 5.75 Å². The molecule has 1 amide bonds. The van der Waals surface area contributed by atoms with Gasteiger partial charge >= 0.3 is 16.1 Å². The molecular weight excluding hydrogens is 394 g/mol. The Balaban J connectivity index is 2.15. The maximum absolute atomic E-state index is 12.4. The first kappa shape index (κ1) is 22.4. The topological polar surface area (TPSA) is 98.8 Å². The summed E-state index contributed by atoms with van der Waals surface area (Å²) in [5.74, 6) is -0.724. The van der Waals surface area contributed by atoms with Crippen molar-refractivity contribution in [1.29, 1.82) is 0 Å². The zero-order valence-electron chi connectivity index (χ0n) is 16.7. The first-order valence-corrected chi connectivity index (χ1v) is 10.6. The van der Waals surface area contributed by atoms with Crippen molar-refractivity contribution in [3.05, 3.63) is 59.7 Å². The van der Waals surface area contributed by atoms with Crippen molar-refractivity contribution in [2.75, 3.05) is 13.2 Å². The fourth-order valence-corrected chi connectivity index (χ4v) is 3.60. The third kappa shape index (κ3) is 6.90. The number of rotatable bonds is 9. The van der Waals surface area contributed by atoms with E-state index in [-0.39, 0.29) is 48.0 Å². The van der Waals surface area contributed by atoms with Crippen LogP contribution in [0.4, 0.5) is 0 Å². The van der Waals surface area contributed by atoms with Crippen LogP contribution in [-0.4, -0.2) is 33.4 Å². The van der Waals surface area contributed by atoms with E-state index in [1.165, 1.54) is 31.2 Å². The van der Waals surface area contributed by atoms with Gasteiger partial charge in [-0.2, -0.15) is 8.42 Å². The van der Waals surface area contributed by atoms with Crippen molar-refractivity contribution >= 4 is 22.0 Å². The normalized spacial score (nSPS) is 12.1. The predicted octanol–water partition coefficient (Wildman–Crippen LogP) is 2.94. The van der Waals surface area contributed by atoms with Crippen LogP contribution in [0.25, 0.3) is 0 Å². The van der Waals surface area contributed by atoms with Gasteiger partial charge in [-0.15, -0.1) is 0 Å². The van der Waals surface area contributed by atoms with Crippen LogP contribution in [0.2, 0.25) is 0 Å². The molecule has 2 aromatic carbocycles. The third-order valence-electron chi connectivity index (χ3n) is 4.18. The number of esters is 1. The Kier molecular flexibility index (Phi) is 7.78. The number of carbonyl (C=O) groups excluding carboxylic acids is 2. The van der Waals surface area contributed by atoms with E-state index in [0.29, 0.717) is 0 Å². The van der Waals surface area contributed by atoms with Gasteiger partial charge in [-0.05, 0) is 43.7 Å². The van der Waals surface area contributed by atoms with E-state index in [2.05, 4.69) is 5.32 Å².